The second-order valence-corrected chi connectivity index (χ2v) is 14.4. The molecule has 0 saturated heterocycles. The van der Waals surface area contributed by atoms with Gasteiger partial charge in [-0.15, -0.1) is 0 Å². The fourth-order valence-corrected chi connectivity index (χ4v) is 8.85. The highest BCUT2D eigenvalue weighted by Crippen LogP contribution is 2.64. The molecule has 12 atom stereocenters. The molecule has 0 radical (unpaired) electrons. The minimum Gasteiger partial charge on any atom is -0.462 e. The van der Waals surface area contributed by atoms with Crippen LogP contribution in [-0.2, 0) is 38.2 Å². The molecule has 8 heteroatoms. The Morgan fingerprint density at radius 1 is 0.737 bits per heavy atom. The van der Waals surface area contributed by atoms with Crippen LogP contribution >= 0.6 is 0 Å². The van der Waals surface area contributed by atoms with Crippen LogP contribution in [0, 0.1) is 65.1 Å². The molecule has 6 rings (SSSR count). The Kier molecular flexibility index (Phi) is 5.59. The number of ether oxygens (including phenoxy) is 3. The van der Waals surface area contributed by atoms with Crippen molar-refractivity contribution in [3.05, 3.63) is 12.2 Å². The molecule has 0 spiro atoms. The minimum atomic E-state index is -0.750. The van der Waals surface area contributed by atoms with E-state index in [-0.39, 0.29) is 53.0 Å². The van der Waals surface area contributed by atoms with E-state index in [4.69, 9.17) is 14.2 Å². The summed E-state index contributed by atoms with van der Waals surface area (Å²) in [6.07, 6.45) is 4.84. The molecule has 12 unspecified atom stereocenters. The number of hydrogen-bond acceptors (Lipinski definition) is 8. The average molecular weight is 527 g/mol. The molecular weight excluding hydrogens is 488 g/mol. The van der Waals surface area contributed by atoms with Gasteiger partial charge in [0.1, 0.15) is 28.9 Å². The lowest BCUT2D eigenvalue weighted by Gasteiger charge is -2.37. The fraction of sp³-hybridized carbons (Fsp3) is 0.767. The Morgan fingerprint density at radius 2 is 1.32 bits per heavy atom. The minimum absolute atomic E-state index is 0.0349. The molecule has 0 aromatic rings. The summed E-state index contributed by atoms with van der Waals surface area (Å²) in [6.45, 7) is 10.7. The third kappa shape index (κ3) is 3.80. The van der Waals surface area contributed by atoms with E-state index in [1.807, 2.05) is 12.2 Å². The van der Waals surface area contributed by atoms with Gasteiger partial charge in [0.2, 0.25) is 0 Å². The zero-order valence-corrected chi connectivity index (χ0v) is 23.0. The second kappa shape index (κ2) is 8.25. The molecule has 6 aliphatic rings. The van der Waals surface area contributed by atoms with Crippen molar-refractivity contribution >= 4 is 29.5 Å². The van der Waals surface area contributed by atoms with Gasteiger partial charge in [0.05, 0.1) is 17.8 Å². The number of esters is 3. The average Bonchev–Trinajstić information content (AvgIpc) is 3.60. The van der Waals surface area contributed by atoms with Gasteiger partial charge in [0.25, 0.3) is 0 Å². The second-order valence-electron chi connectivity index (χ2n) is 14.4. The quantitative estimate of drug-likeness (QED) is 0.237. The van der Waals surface area contributed by atoms with Gasteiger partial charge in [0.15, 0.2) is 0 Å². The van der Waals surface area contributed by atoms with Gasteiger partial charge >= 0.3 is 17.9 Å². The molecule has 0 aromatic carbocycles. The standard InChI is InChI=1S/C30H38O8/c1-29(2,3)37-27(34)19-12-9-15(23(19)28(35)38-30(4,5)6)18(10-12)36-26(33)17-11-16-20-13-7-8-14(24(13)31)21(20)22(17)25(16)32/h7-8,12-23H,9-11H2,1-6H3. The topological polar surface area (TPSA) is 113 Å². The number of Topliss-reactive ketones (excluding diaryl/α,β-unsaturated/α-hetero) is 2. The Morgan fingerprint density at radius 3 is 1.92 bits per heavy atom. The summed E-state index contributed by atoms with van der Waals surface area (Å²) in [7, 11) is 0. The SMILES string of the molecule is CC(C)(C)OC(=O)C1C2CC(OC(=O)C3CC4C(=O)C3C3C5C=CC(C5=O)C43)C(C2)C1C(=O)OC(C)(C)C. The van der Waals surface area contributed by atoms with Crippen molar-refractivity contribution in [3.63, 3.8) is 0 Å². The monoisotopic (exact) mass is 526 g/mol. The third-order valence-electron chi connectivity index (χ3n) is 9.84. The normalized spacial score (nSPS) is 44.1. The van der Waals surface area contributed by atoms with E-state index in [1.54, 1.807) is 41.5 Å². The number of hydrogen-bond donors (Lipinski definition) is 0. The number of ketones is 2. The summed E-state index contributed by atoms with van der Waals surface area (Å²) in [5, 5.41) is 0. The lowest BCUT2D eigenvalue weighted by molar-refractivity contribution is -0.182. The Labute approximate surface area is 223 Å². The van der Waals surface area contributed by atoms with Crippen LogP contribution in [0.25, 0.3) is 0 Å². The maximum atomic E-state index is 13.5. The molecule has 0 amide bonds. The van der Waals surface area contributed by atoms with Gasteiger partial charge in [-0.2, -0.15) is 0 Å². The fourth-order valence-electron chi connectivity index (χ4n) is 8.85. The molecule has 0 aliphatic heterocycles. The zero-order valence-electron chi connectivity index (χ0n) is 23.0. The molecular formula is C30H38O8. The largest absolute Gasteiger partial charge is 0.462 e. The first-order valence-electron chi connectivity index (χ1n) is 14.1. The van der Waals surface area contributed by atoms with Crippen molar-refractivity contribution in [2.24, 2.45) is 65.1 Å². The van der Waals surface area contributed by atoms with E-state index < -0.39 is 58.9 Å². The summed E-state index contributed by atoms with van der Waals surface area (Å²) in [5.74, 6) is -4.61. The van der Waals surface area contributed by atoms with E-state index in [9.17, 15) is 24.0 Å². The first-order valence-corrected chi connectivity index (χ1v) is 14.1. The van der Waals surface area contributed by atoms with Gasteiger partial charge < -0.3 is 14.2 Å². The van der Waals surface area contributed by atoms with E-state index in [0.717, 1.165) is 0 Å². The van der Waals surface area contributed by atoms with Crippen molar-refractivity contribution in [1.82, 2.24) is 0 Å². The summed E-state index contributed by atoms with van der Waals surface area (Å²) in [5.41, 5.74) is -1.41. The maximum absolute atomic E-state index is 13.5. The van der Waals surface area contributed by atoms with Crippen LogP contribution in [0.15, 0.2) is 12.2 Å². The van der Waals surface area contributed by atoms with Crippen LogP contribution in [0.1, 0.15) is 60.8 Å². The summed E-state index contributed by atoms with van der Waals surface area (Å²) in [6, 6.07) is 0. The van der Waals surface area contributed by atoms with E-state index in [2.05, 4.69) is 0 Å². The first-order chi connectivity index (χ1) is 17.7. The van der Waals surface area contributed by atoms with Crippen LogP contribution in [0.3, 0.4) is 0 Å². The van der Waals surface area contributed by atoms with E-state index in [0.29, 0.717) is 19.3 Å². The highest BCUT2D eigenvalue weighted by atomic mass is 16.6. The lowest BCUT2D eigenvalue weighted by atomic mass is 9.69. The third-order valence-corrected chi connectivity index (χ3v) is 9.84. The summed E-state index contributed by atoms with van der Waals surface area (Å²) >= 11 is 0. The molecule has 0 N–H and O–H groups in total. The molecule has 0 heterocycles. The molecule has 0 aromatic heterocycles. The van der Waals surface area contributed by atoms with Crippen LogP contribution < -0.4 is 0 Å². The van der Waals surface area contributed by atoms with Crippen LogP contribution in [-0.4, -0.2) is 46.8 Å². The van der Waals surface area contributed by atoms with E-state index in [1.165, 1.54) is 0 Å². The predicted molar refractivity (Wildman–Crippen MR) is 133 cm³/mol. The smallest absolute Gasteiger partial charge is 0.310 e. The van der Waals surface area contributed by atoms with Crippen LogP contribution in [0.5, 0.6) is 0 Å². The molecule has 8 nitrogen and oxygen atoms in total. The maximum Gasteiger partial charge on any atom is 0.310 e. The van der Waals surface area contributed by atoms with Crippen molar-refractivity contribution in [3.8, 4) is 0 Å². The highest BCUT2D eigenvalue weighted by molar-refractivity contribution is 6.01. The molecule has 6 aliphatic carbocycles. The Balaban J connectivity index is 1.19. The molecule has 38 heavy (non-hydrogen) atoms. The number of rotatable bonds is 4. The van der Waals surface area contributed by atoms with Gasteiger partial charge in [-0.3, -0.25) is 24.0 Å². The summed E-state index contributed by atoms with van der Waals surface area (Å²) < 4.78 is 17.5. The van der Waals surface area contributed by atoms with Crippen molar-refractivity contribution in [2.75, 3.05) is 0 Å². The predicted octanol–water partition coefficient (Wildman–Crippen LogP) is 3.31. The van der Waals surface area contributed by atoms with Crippen molar-refractivity contribution < 1.29 is 38.2 Å². The van der Waals surface area contributed by atoms with Crippen LogP contribution in [0.4, 0.5) is 0 Å². The molecule has 6 bridgehead atoms. The first kappa shape index (κ1) is 25.8. The number of carbonyl (C=O) groups is 5. The molecule has 5 saturated carbocycles. The van der Waals surface area contributed by atoms with Crippen molar-refractivity contribution in [2.45, 2.75) is 78.1 Å². The van der Waals surface area contributed by atoms with Crippen molar-refractivity contribution in [1.29, 1.82) is 0 Å². The number of allylic oxidation sites excluding steroid dienone is 2. The number of fused-ring (bicyclic) bond motifs is 11. The summed E-state index contributed by atoms with van der Waals surface area (Å²) in [4.78, 5) is 65.8. The highest BCUT2D eigenvalue weighted by Gasteiger charge is 2.70. The Bertz CT molecular complexity index is 1140. The van der Waals surface area contributed by atoms with Gasteiger partial charge in [-0.25, -0.2) is 0 Å². The Hall–Kier alpha value is -2.51. The zero-order chi connectivity index (χ0) is 27.5. The van der Waals surface area contributed by atoms with E-state index >= 15 is 0 Å². The number of carbonyl (C=O) groups excluding carboxylic acids is 5. The molecule has 206 valence electrons. The van der Waals surface area contributed by atoms with Gasteiger partial charge in [-0.1, -0.05) is 12.2 Å². The van der Waals surface area contributed by atoms with Gasteiger partial charge in [-0.05, 0) is 78.6 Å². The van der Waals surface area contributed by atoms with Crippen LogP contribution in [0.2, 0.25) is 0 Å². The van der Waals surface area contributed by atoms with Gasteiger partial charge in [0, 0.05) is 29.6 Å². The lowest BCUT2D eigenvalue weighted by Crippen LogP contribution is -2.46. The molecule has 5 fully saturated rings.